The first-order valence-corrected chi connectivity index (χ1v) is 7.45. The second-order valence-corrected chi connectivity index (χ2v) is 5.69. The van der Waals surface area contributed by atoms with Gasteiger partial charge in [-0.15, -0.1) is 0 Å². The third-order valence-corrected chi connectivity index (χ3v) is 3.71. The molecule has 0 aliphatic carbocycles. The average molecular weight is 328 g/mol. The van der Waals surface area contributed by atoms with Crippen molar-refractivity contribution in [3.63, 3.8) is 0 Å². The predicted octanol–water partition coefficient (Wildman–Crippen LogP) is 5.32. The van der Waals surface area contributed by atoms with E-state index in [1.54, 1.807) is 24.3 Å². The van der Waals surface area contributed by atoms with Gasteiger partial charge in [0.1, 0.15) is 11.6 Å². The molecule has 0 fully saturated rings. The lowest BCUT2D eigenvalue weighted by Gasteiger charge is -2.18. The number of aliphatic carboxylic acids is 1. The molecule has 124 valence electrons. The molecule has 0 radical (unpaired) electrons. The van der Waals surface area contributed by atoms with Crippen LogP contribution < -0.4 is 0 Å². The highest BCUT2D eigenvalue weighted by Crippen LogP contribution is 2.36. The van der Waals surface area contributed by atoms with Gasteiger partial charge in [-0.25, -0.2) is 13.6 Å². The monoisotopic (exact) mass is 328 g/mol. The van der Waals surface area contributed by atoms with Gasteiger partial charge < -0.3 is 5.11 Å². The van der Waals surface area contributed by atoms with Gasteiger partial charge >= 0.3 is 5.97 Å². The summed E-state index contributed by atoms with van der Waals surface area (Å²) in [5.41, 5.74) is 3.51. The quantitative estimate of drug-likeness (QED) is 0.609. The second kappa shape index (κ2) is 7.21. The number of carbonyl (C=O) groups is 1. The van der Waals surface area contributed by atoms with E-state index in [1.165, 1.54) is 31.2 Å². The minimum Gasteiger partial charge on any atom is -0.478 e. The number of halogens is 2. The number of carboxylic acid groups (broad SMARTS) is 1. The summed E-state index contributed by atoms with van der Waals surface area (Å²) in [5.74, 6) is -1.82. The van der Waals surface area contributed by atoms with Gasteiger partial charge in [0.25, 0.3) is 0 Å². The van der Waals surface area contributed by atoms with E-state index in [1.807, 2.05) is 13.8 Å². The molecule has 0 saturated carbocycles. The Bertz CT molecular complexity index is 810. The van der Waals surface area contributed by atoms with Crippen molar-refractivity contribution in [3.05, 3.63) is 82.4 Å². The third-order valence-electron chi connectivity index (χ3n) is 3.71. The van der Waals surface area contributed by atoms with Crippen molar-refractivity contribution in [1.29, 1.82) is 0 Å². The zero-order chi connectivity index (χ0) is 17.9. The Morgan fingerprint density at radius 3 is 1.46 bits per heavy atom. The summed E-state index contributed by atoms with van der Waals surface area (Å²) in [6, 6.07) is 11.5. The van der Waals surface area contributed by atoms with Crippen LogP contribution in [0.15, 0.2) is 59.7 Å². The maximum absolute atomic E-state index is 13.3. The Hall–Kier alpha value is -2.75. The van der Waals surface area contributed by atoms with Crippen LogP contribution >= 0.6 is 0 Å². The summed E-state index contributed by atoms with van der Waals surface area (Å²) >= 11 is 0. The normalized spacial score (nSPS) is 11.7. The Balaban J connectivity index is 2.75. The number of hydrogen-bond donors (Lipinski definition) is 1. The van der Waals surface area contributed by atoms with Crippen LogP contribution in [0.25, 0.3) is 11.1 Å². The summed E-state index contributed by atoms with van der Waals surface area (Å²) in [4.78, 5) is 11.6. The number of rotatable bonds is 4. The van der Waals surface area contributed by atoms with E-state index in [4.69, 9.17) is 0 Å². The first-order valence-electron chi connectivity index (χ1n) is 7.45. The first kappa shape index (κ1) is 17.6. The van der Waals surface area contributed by atoms with Gasteiger partial charge in [0.2, 0.25) is 0 Å². The van der Waals surface area contributed by atoms with E-state index < -0.39 is 11.8 Å². The van der Waals surface area contributed by atoms with E-state index >= 15 is 0 Å². The summed E-state index contributed by atoms with van der Waals surface area (Å²) in [6.07, 6.45) is 0. The van der Waals surface area contributed by atoms with Crippen LogP contribution in [0.5, 0.6) is 0 Å². The average Bonchev–Trinajstić information content (AvgIpc) is 2.54. The number of allylic oxidation sites excluding steroid dienone is 3. The fraction of sp³-hybridized carbons (Fsp3) is 0.150. The molecule has 1 N–H and O–H groups in total. The Morgan fingerprint density at radius 1 is 0.750 bits per heavy atom. The van der Waals surface area contributed by atoms with Crippen LogP contribution in [-0.4, -0.2) is 11.1 Å². The molecule has 2 rings (SSSR count). The molecule has 0 aliphatic rings. The smallest absolute Gasteiger partial charge is 0.331 e. The number of carboxylic acids is 1. The summed E-state index contributed by atoms with van der Waals surface area (Å²) < 4.78 is 26.5. The highest BCUT2D eigenvalue weighted by Gasteiger charge is 2.19. The predicted molar refractivity (Wildman–Crippen MR) is 91.3 cm³/mol. The summed E-state index contributed by atoms with van der Waals surface area (Å²) in [5, 5.41) is 9.48. The van der Waals surface area contributed by atoms with Gasteiger partial charge in [-0.3, -0.25) is 0 Å². The first-order chi connectivity index (χ1) is 11.3. The van der Waals surface area contributed by atoms with Crippen LogP contribution in [-0.2, 0) is 4.79 Å². The zero-order valence-corrected chi connectivity index (χ0v) is 13.7. The Morgan fingerprint density at radius 2 is 1.12 bits per heavy atom. The zero-order valence-electron chi connectivity index (χ0n) is 13.7. The maximum atomic E-state index is 13.3. The molecule has 2 nitrogen and oxygen atoms in total. The number of benzene rings is 2. The molecule has 0 saturated heterocycles. The van der Waals surface area contributed by atoms with E-state index in [9.17, 15) is 18.7 Å². The van der Waals surface area contributed by atoms with Crippen molar-refractivity contribution in [2.24, 2.45) is 0 Å². The van der Waals surface area contributed by atoms with Gasteiger partial charge in [-0.1, -0.05) is 29.8 Å². The minimum absolute atomic E-state index is 0.141. The molecular weight excluding hydrogens is 310 g/mol. The molecule has 4 heteroatoms. The molecule has 0 bridgehead atoms. The number of hydrogen-bond acceptors (Lipinski definition) is 1. The lowest BCUT2D eigenvalue weighted by Crippen LogP contribution is -2.04. The fourth-order valence-electron chi connectivity index (χ4n) is 2.57. The lowest BCUT2D eigenvalue weighted by molar-refractivity contribution is -0.132. The van der Waals surface area contributed by atoms with Crippen LogP contribution in [0.1, 0.15) is 31.9 Å². The van der Waals surface area contributed by atoms with Crippen molar-refractivity contribution in [1.82, 2.24) is 0 Å². The molecule has 2 aromatic rings. The molecule has 0 spiro atoms. The Kier molecular flexibility index (Phi) is 5.29. The van der Waals surface area contributed by atoms with Gasteiger partial charge in [0.05, 0.1) is 0 Å². The summed E-state index contributed by atoms with van der Waals surface area (Å²) in [7, 11) is 0. The van der Waals surface area contributed by atoms with E-state index in [0.717, 1.165) is 5.57 Å². The van der Waals surface area contributed by atoms with Gasteiger partial charge in [0, 0.05) is 5.57 Å². The van der Waals surface area contributed by atoms with E-state index in [0.29, 0.717) is 22.3 Å². The van der Waals surface area contributed by atoms with Crippen molar-refractivity contribution >= 4 is 17.1 Å². The molecule has 2 aromatic carbocycles. The van der Waals surface area contributed by atoms with Crippen LogP contribution in [0, 0.1) is 11.6 Å². The standard InChI is InChI=1S/C20H18F2O2/c1-12(2)18(14-4-8-16(21)9-5-14)19(13(3)20(23)24)15-6-10-17(22)11-7-15/h4-11H,1-3H3,(H,23,24)/b19-13+. The lowest BCUT2D eigenvalue weighted by atomic mass is 9.86. The highest BCUT2D eigenvalue weighted by atomic mass is 19.1. The highest BCUT2D eigenvalue weighted by molar-refractivity contribution is 6.13. The second-order valence-electron chi connectivity index (χ2n) is 5.69. The molecule has 0 unspecified atom stereocenters. The van der Waals surface area contributed by atoms with E-state index in [-0.39, 0.29) is 11.4 Å². The largest absolute Gasteiger partial charge is 0.478 e. The van der Waals surface area contributed by atoms with E-state index in [2.05, 4.69) is 0 Å². The van der Waals surface area contributed by atoms with Crippen LogP contribution in [0.2, 0.25) is 0 Å². The minimum atomic E-state index is -1.06. The fourth-order valence-corrected chi connectivity index (χ4v) is 2.57. The molecule has 0 heterocycles. The van der Waals surface area contributed by atoms with Crippen molar-refractivity contribution in [3.8, 4) is 0 Å². The molecule has 0 atom stereocenters. The van der Waals surface area contributed by atoms with Crippen molar-refractivity contribution in [2.75, 3.05) is 0 Å². The molecule has 24 heavy (non-hydrogen) atoms. The molecular formula is C20H18F2O2. The molecule has 0 amide bonds. The van der Waals surface area contributed by atoms with Gasteiger partial charge in [0.15, 0.2) is 0 Å². The van der Waals surface area contributed by atoms with Gasteiger partial charge in [-0.2, -0.15) is 0 Å². The van der Waals surface area contributed by atoms with Crippen molar-refractivity contribution in [2.45, 2.75) is 20.8 Å². The maximum Gasteiger partial charge on any atom is 0.331 e. The van der Waals surface area contributed by atoms with Crippen molar-refractivity contribution < 1.29 is 18.7 Å². The Labute approximate surface area is 139 Å². The van der Waals surface area contributed by atoms with Crippen LogP contribution in [0.4, 0.5) is 8.78 Å². The molecule has 0 aliphatic heterocycles. The van der Waals surface area contributed by atoms with Crippen LogP contribution in [0.3, 0.4) is 0 Å². The summed E-state index contributed by atoms with van der Waals surface area (Å²) in [6.45, 7) is 5.22. The SMILES string of the molecule is CC(C)=C(/C(=C(\C)C(=O)O)c1ccc(F)cc1)c1ccc(F)cc1. The topological polar surface area (TPSA) is 37.3 Å². The molecule has 0 aromatic heterocycles. The third kappa shape index (κ3) is 3.77. The van der Waals surface area contributed by atoms with Gasteiger partial charge in [-0.05, 0) is 67.3 Å².